The largest absolute Gasteiger partial charge is 0.481 e. The maximum Gasteiger partial charge on any atom is 0.304 e. The van der Waals surface area contributed by atoms with Gasteiger partial charge in [0.1, 0.15) is 0 Å². The fraction of sp³-hybridized carbons (Fsp3) is 0.900. The normalized spacial score (nSPS) is 26.2. The molecule has 0 aromatic heterocycles. The summed E-state index contributed by atoms with van der Waals surface area (Å²) >= 11 is 0. The lowest BCUT2D eigenvalue weighted by Gasteiger charge is -2.27. The van der Waals surface area contributed by atoms with Crippen LogP contribution < -0.4 is 5.32 Å². The first-order chi connectivity index (χ1) is 6.02. The highest BCUT2D eigenvalue weighted by Gasteiger charge is 2.33. The summed E-state index contributed by atoms with van der Waals surface area (Å²) in [6.45, 7) is 5.10. The van der Waals surface area contributed by atoms with Crippen molar-refractivity contribution in [3.63, 3.8) is 0 Å². The zero-order chi connectivity index (χ0) is 9.90. The van der Waals surface area contributed by atoms with Gasteiger partial charge in [0.2, 0.25) is 0 Å². The fourth-order valence-corrected chi connectivity index (χ4v) is 2.06. The summed E-state index contributed by atoms with van der Waals surface area (Å²) in [4.78, 5) is 10.3. The summed E-state index contributed by atoms with van der Waals surface area (Å²) in [7, 11) is 0. The third-order valence-corrected chi connectivity index (χ3v) is 2.99. The first-order valence-electron chi connectivity index (χ1n) is 4.97. The first kappa shape index (κ1) is 10.5. The molecule has 1 unspecified atom stereocenters. The molecule has 1 saturated carbocycles. The molecule has 0 aliphatic heterocycles. The molecule has 0 bridgehead atoms. The minimum absolute atomic E-state index is 0.229. The van der Waals surface area contributed by atoms with Crippen molar-refractivity contribution in [2.24, 2.45) is 5.41 Å². The number of nitrogens with one attached hydrogen (secondary N) is 1. The lowest BCUT2D eigenvalue weighted by molar-refractivity contribution is -0.136. The lowest BCUT2D eigenvalue weighted by Crippen LogP contribution is -2.38. The third-order valence-electron chi connectivity index (χ3n) is 2.99. The Morgan fingerprint density at radius 1 is 1.62 bits per heavy atom. The van der Waals surface area contributed by atoms with Crippen LogP contribution in [0.3, 0.4) is 0 Å². The van der Waals surface area contributed by atoms with Crippen molar-refractivity contribution in [2.45, 2.75) is 45.6 Å². The van der Waals surface area contributed by atoms with Crippen molar-refractivity contribution >= 4 is 5.97 Å². The van der Waals surface area contributed by atoms with E-state index < -0.39 is 5.97 Å². The Morgan fingerprint density at radius 2 is 2.31 bits per heavy atom. The van der Waals surface area contributed by atoms with Gasteiger partial charge in [-0.1, -0.05) is 20.3 Å². The first-order valence-corrected chi connectivity index (χ1v) is 4.97. The zero-order valence-corrected chi connectivity index (χ0v) is 8.47. The predicted molar refractivity (Wildman–Crippen MR) is 51.7 cm³/mol. The molecular formula is C10H19NO2. The molecule has 0 saturated heterocycles. The molecule has 1 aliphatic carbocycles. The van der Waals surface area contributed by atoms with Crippen LogP contribution in [0.15, 0.2) is 0 Å². The van der Waals surface area contributed by atoms with E-state index in [0.717, 1.165) is 0 Å². The quantitative estimate of drug-likeness (QED) is 0.700. The minimum Gasteiger partial charge on any atom is -0.481 e. The Labute approximate surface area is 79.5 Å². The number of rotatable bonds is 4. The van der Waals surface area contributed by atoms with E-state index in [-0.39, 0.29) is 6.42 Å². The van der Waals surface area contributed by atoms with Crippen LogP contribution in [0.5, 0.6) is 0 Å². The highest BCUT2D eigenvalue weighted by atomic mass is 16.4. The highest BCUT2D eigenvalue weighted by molar-refractivity contribution is 5.66. The fourth-order valence-electron chi connectivity index (χ4n) is 2.06. The average Bonchev–Trinajstić information content (AvgIpc) is 2.30. The van der Waals surface area contributed by atoms with Gasteiger partial charge in [0.25, 0.3) is 0 Å². The van der Waals surface area contributed by atoms with Gasteiger partial charge in [-0.25, -0.2) is 0 Å². The average molecular weight is 185 g/mol. The second-order valence-electron chi connectivity index (χ2n) is 4.53. The maximum absolute atomic E-state index is 10.3. The summed E-state index contributed by atoms with van der Waals surface area (Å²) < 4.78 is 0. The van der Waals surface area contributed by atoms with E-state index in [2.05, 4.69) is 19.2 Å². The standard InChI is InChI=1S/C10H19NO2/c1-10(2)6-3-4-8(10)11-7-5-9(12)13/h8,11H,3-7H2,1-2H3,(H,12,13). The van der Waals surface area contributed by atoms with Gasteiger partial charge in [-0.05, 0) is 18.3 Å². The molecule has 2 N–H and O–H groups in total. The van der Waals surface area contributed by atoms with Crippen molar-refractivity contribution in [3.8, 4) is 0 Å². The van der Waals surface area contributed by atoms with E-state index in [0.29, 0.717) is 18.0 Å². The monoisotopic (exact) mass is 185 g/mol. The van der Waals surface area contributed by atoms with E-state index >= 15 is 0 Å². The topological polar surface area (TPSA) is 49.3 Å². The molecule has 13 heavy (non-hydrogen) atoms. The van der Waals surface area contributed by atoms with E-state index in [4.69, 9.17) is 5.11 Å². The molecule has 1 aliphatic rings. The van der Waals surface area contributed by atoms with Crippen LogP contribution in [0.25, 0.3) is 0 Å². The molecule has 0 aromatic carbocycles. The molecule has 1 rings (SSSR count). The second kappa shape index (κ2) is 4.09. The zero-order valence-electron chi connectivity index (χ0n) is 8.47. The Morgan fingerprint density at radius 3 is 2.77 bits per heavy atom. The van der Waals surface area contributed by atoms with Crippen molar-refractivity contribution in [1.29, 1.82) is 0 Å². The Kier molecular flexibility index (Phi) is 3.31. The SMILES string of the molecule is CC1(C)CCCC1NCCC(=O)O. The van der Waals surface area contributed by atoms with E-state index in [9.17, 15) is 4.79 Å². The van der Waals surface area contributed by atoms with Crippen molar-refractivity contribution in [1.82, 2.24) is 5.32 Å². The Hall–Kier alpha value is -0.570. The van der Waals surface area contributed by atoms with Crippen molar-refractivity contribution in [2.75, 3.05) is 6.54 Å². The van der Waals surface area contributed by atoms with Gasteiger partial charge in [-0.15, -0.1) is 0 Å². The van der Waals surface area contributed by atoms with Crippen LogP contribution in [0.4, 0.5) is 0 Å². The number of carboxylic acid groups (broad SMARTS) is 1. The molecule has 76 valence electrons. The number of hydrogen-bond donors (Lipinski definition) is 2. The van der Waals surface area contributed by atoms with Crippen LogP contribution in [-0.2, 0) is 4.79 Å². The molecule has 1 fully saturated rings. The van der Waals surface area contributed by atoms with Crippen LogP contribution in [-0.4, -0.2) is 23.7 Å². The van der Waals surface area contributed by atoms with Crippen molar-refractivity contribution in [3.05, 3.63) is 0 Å². The van der Waals surface area contributed by atoms with Gasteiger partial charge in [-0.2, -0.15) is 0 Å². The van der Waals surface area contributed by atoms with E-state index in [1.807, 2.05) is 0 Å². The number of aliphatic carboxylic acids is 1. The summed E-state index contributed by atoms with van der Waals surface area (Å²) in [5.41, 5.74) is 0.346. The third kappa shape index (κ3) is 2.99. The molecule has 0 radical (unpaired) electrons. The Balaban J connectivity index is 2.25. The van der Waals surface area contributed by atoms with Gasteiger partial charge >= 0.3 is 5.97 Å². The summed E-state index contributed by atoms with van der Waals surface area (Å²) in [5, 5.41) is 11.8. The highest BCUT2D eigenvalue weighted by Crippen LogP contribution is 2.36. The summed E-state index contributed by atoms with van der Waals surface area (Å²) in [5.74, 6) is -0.719. The Bertz CT molecular complexity index is 189. The van der Waals surface area contributed by atoms with Crippen LogP contribution in [0.1, 0.15) is 39.5 Å². The van der Waals surface area contributed by atoms with Crippen molar-refractivity contribution < 1.29 is 9.90 Å². The molecule has 0 aromatic rings. The molecule has 1 atom stereocenters. The van der Waals surface area contributed by atoms with Crippen LogP contribution in [0.2, 0.25) is 0 Å². The number of hydrogen-bond acceptors (Lipinski definition) is 2. The molecule has 0 heterocycles. The van der Waals surface area contributed by atoms with Gasteiger partial charge in [0.15, 0.2) is 0 Å². The predicted octanol–water partition coefficient (Wildman–Crippen LogP) is 1.63. The van der Waals surface area contributed by atoms with Gasteiger partial charge < -0.3 is 10.4 Å². The molecule has 3 nitrogen and oxygen atoms in total. The van der Waals surface area contributed by atoms with Crippen LogP contribution in [0, 0.1) is 5.41 Å². The molecule has 0 spiro atoms. The second-order valence-corrected chi connectivity index (χ2v) is 4.53. The molecule has 3 heteroatoms. The number of carbonyl (C=O) groups is 1. The van der Waals surface area contributed by atoms with E-state index in [1.54, 1.807) is 0 Å². The lowest BCUT2D eigenvalue weighted by atomic mass is 9.87. The van der Waals surface area contributed by atoms with Gasteiger partial charge in [-0.3, -0.25) is 4.79 Å². The van der Waals surface area contributed by atoms with Gasteiger partial charge in [0, 0.05) is 12.6 Å². The molecular weight excluding hydrogens is 166 g/mol. The summed E-state index contributed by atoms with van der Waals surface area (Å²) in [6, 6.07) is 0.506. The van der Waals surface area contributed by atoms with Gasteiger partial charge in [0.05, 0.1) is 6.42 Å². The maximum atomic E-state index is 10.3. The smallest absolute Gasteiger partial charge is 0.304 e. The number of carboxylic acids is 1. The minimum atomic E-state index is -0.719. The molecule has 0 amide bonds. The van der Waals surface area contributed by atoms with Crippen LogP contribution >= 0.6 is 0 Å². The van der Waals surface area contributed by atoms with E-state index in [1.165, 1.54) is 19.3 Å². The summed E-state index contributed by atoms with van der Waals surface area (Å²) in [6.07, 6.45) is 3.93.